The molecule has 1 amide bonds. The van der Waals surface area contributed by atoms with E-state index >= 15 is 0 Å². The lowest BCUT2D eigenvalue weighted by atomic mass is 10.1. The number of nitrogens with one attached hydrogen (secondary N) is 1. The van der Waals surface area contributed by atoms with Gasteiger partial charge in [-0.25, -0.2) is 4.98 Å². The molecule has 1 aromatic heterocycles. The number of nitrogens with zero attached hydrogens (tertiary/aromatic N) is 1. The second-order valence-corrected chi connectivity index (χ2v) is 4.31. The van der Waals surface area contributed by atoms with Crippen LogP contribution in [0.2, 0.25) is 0 Å². The van der Waals surface area contributed by atoms with E-state index in [1.54, 1.807) is 25.1 Å². The first-order chi connectivity index (χ1) is 8.97. The van der Waals surface area contributed by atoms with Crippen LogP contribution >= 0.6 is 0 Å². The van der Waals surface area contributed by atoms with Gasteiger partial charge in [0.1, 0.15) is 11.4 Å². The van der Waals surface area contributed by atoms with Gasteiger partial charge in [-0.15, -0.1) is 0 Å². The molecule has 2 rings (SSSR count). The van der Waals surface area contributed by atoms with Crippen LogP contribution in [0.1, 0.15) is 18.4 Å². The van der Waals surface area contributed by atoms with Crippen LogP contribution in [0.15, 0.2) is 22.6 Å². The van der Waals surface area contributed by atoms with Gasteiger partial charge in [0, 0.05) is 13.5 Å². The van der Waals surface area contributed by atoms with E-state index in [1.807, 2.05) is 0 Å². The molecule has 0 saturated heterocycles. The molecule has 0 saturated carbocycles. The van der Waals surface area contributed by atoms with Gasteiger partial charge in [-0.1, -0.05) is 6.07 Å². The Morgan fingerprint density at radius 3 is 2.89 bits per heavy atom. The number of oxazole rings is 1. The Bertz CT molecular complexity index is 633. The zero-order valence-corrected chi connectivity index (χ0v) is 10.6. The molecule has 6 heteroatoms. The van der Waals surface area contributed by atoms with E-state index in [9.17, 15) is 9.59 Å². The number of fused-ring (bicyclic) bond motifs is 1. The van der Waals surface area contributed by atoms with E-state index in [4.69, 9.17) is 9.52 Å². The van der Waals surface area contributed by atoms with E-state index in [1.165, 1.54) is 6.92 Å². The minimum Gasteiger partial charge on any atom is -0.481 e. The van der Waals surface area contributed by atoms with Gasteiger partial charge in [-0.3, -0.25) is 9.59 Å². The minimum atomic E-state index is -1.14. The summed E-state index contributed by atoms with van der Waals surface area (Å²) in [5.41, 5.74) is 2.24. The Morgan fingerprint density at radius 1 is 1.47 bits per heavy atom. The van der Waals surface area contributed by atoms with Crippen LogP contribution in [0, 0.1) is 12.8 Å². The summed E-state index contributed by atoms with van der Waals surface area (Å²) in [7, 11) is 0. The summed E-state index contributed by atoms with van der Waals surface area (Å²) in [5, 5.41) is 11.3. The highest BCUT2D eigenvalue weighted by Gasteiger charge is 2.19. The maximum atomic E-state index is 11.5. The second kappa shape index (κ2) is 5.09. The number of aliphatic carboxylic acids is 1. The van der Waals surface area contributed by atoms with Crippen molar-refractivity contribution < 1.29 is 19.1 Å². The summed E-state index contributed by atoms with van der Waals surface area (Å²) in [5.74, 6) is -2.13. The molecule has 19 heavy (non-hydrogen) atoms. The number of carbonyl (C=O) groups is 2. The van der Waals surface area contributed by atoms with Crippen molar-refractivity contribution in [2.24, 2.45) is 5.92 Å². The zero-order chi connectivity index (χ0) is 14.0. The number of aryl methyl sites for hydroxylation is 1. The summed E-state index contributed by atoms with van der Waals surface area (Å²) in [4.78, 5) is 26.3. The number of carboxylic acids is 1. The molecule has 0 aliphatic rings. The molecule has 0 aliphatic heterocycles. The average molecular weight is 262 g/mol. The Hall–Kier alpha value is -2.37. The predicted molar refractivity (Wildman–Crippen MR) is 67.4 cm³/mol. The quantitative estimate of drug-likeness (QED) is 0.814. The Balaban J connectivity index is 2.05. The maximum Gasteiger partial charge on any atom is 0.315 e. The fourth-order valence-corrected chi connectivity index (χ4v) is 1.65. The van der Waals surface area contributed by atoms with E-state index in [0.717, 1.165) is 11.1 Å². The molecule has 0 aliphatic carbocycles. The summed E-state index contributed by atoms with van der Waals surface area (Å²) >= 11 is 0. The fraction of sp³-hybridized carbons (Fsp3) is 0.308. The molecule has 0 spiro atoms. The lowest BCUT2D eigenvalue weighted by molar-refractivity contribution is -0.146. The highest BCUT2D eigenvalue weighted by atomic mass is 16.4. The van der Waals surface area contributed by atoms with Crippen LogP contribution in [0.25, 0.3) is 11.1 Å². The fourth-order valence-electron chi connectivity index (χ4n) is 1.65. The predicted octanol–water partition coefficient (Wildman–Crippen LogP) is 1.47. The first-order valence-electron chi connectivity index (χ1n) is 5.84. The molecule has 1 heterocycles. The molecule has 6 nitrogen and oxygen atoms in total. The van der Waals surface area contributed by atoms with Gasteiger partial charge in [-0.05, 0) is 24.6 Å². The smallest absolute Gasteiger partial charge is 0.315 e. The molecule has 0 bridgehead atoms. The van der Waals surface area contributed by atoms with Gasteiger partial charge in [0.15, 0.2) is 11.5 Å². The number of carbonyl (C=O) groups excluding carboxylic acids is 1. The van der Waals surface area contributed by atoms with Crippen molar-refractivity contribution in [2.45, 2.75) is 20.4 Å². The number of hydrogen-bond acceptors (Lipinski definition) is 4. The molecule has 2 aromatic rings. The van der Waals surface area contributed by atoms with Gasteiger partial charge in [0.2, 0.25) is 5.91 Å². The normalized spacial score (nSPS) is 12.3. The summed E-state index contributed by atoms with van der Waals surface area (Å²) in [6.07, 6.45) is 0. The number of rotatable bonds is 4. The Kier molecular flexibility index (Phi) is 3.50. The Labute approximate surface area is 109 Å². The lowest BCUT2D eigenvalue weighted by Crippen LogP contribution is -2.33. The molecule has 0 radical (unpaired) electrons. The maximum absolute atomic E-state index is 11.5. The third-order valence-corrected chi connectivity index (χ3v) is 2.79. The molecular formula is C13H14N2O4. The van der Waals surface area contributed by atoms with Crippen LogP contribution in [0.4, 0.5) is 0 Å². The van der Waals surface area contributed by atoms with Gasteiger partial charge in [-0.2, -0.15) is 0 Å². The highest BCUT2D eigenvalue weighted by Crippen LogP contribution is 2.16. The van der Waals surface area contributed by atoms with Crippen LogP contribution in [-0.2, 0) is 16.1 Å². The molecule has 0 fully saturated rings. The number of aromatic nitrogens is 1. The van der Waals surface area contributed by atoms with Crippen LogP contribution in [0.3, 0.4) is 0 Å². The zero-order valence-electron chi connectivity index (χ0n) is 10.6. The highest BCUT2D eigenvalue weighted by molar-refractivity contribution is 5.96. The summed E-state index contributed by atoms with van der Waals surface area (Å²) in [6, 6.07) is 5.38. The van der Waals surface area contributed by atoms with Crippen molar-refractivity contribution in [3.05, 3.63) is 29.7 Å². The average Bonchev–Trinajstić information content (AvgIpc) is 2.74. The summed E-state index contributed by atoms with van der Waals surface area (Å²) in [6.45, 7) is 3.37. The Morgan fingerprint density at radius 2 is 2.21 bits per heavy atom. The number of benzene rings is 1. The van der Waals surface area contributed by atoms with Gasteiger partial charge < -0.3 is 14.8 Å². The number of amides is 1. The van der Waals surface area contributed by atoms with E-state index in [-0.39, 0.29) is 6.54 Å². The van der Waals surface area contributed by atoms with Crippen LogP contribution in [-0.4, -0.2) is 22.0 Å². The van der Waals surface area contributed by atoms with Gasteiger partial charge in [0.05, 0.1) is 0 Å². The molecule has 1 atom stereocenters. The number of carboxylic acid groups (broad SMARTS) is 1. The molecule has 100 valence electrons. The van der Waals surface area contributed by atoms with Crippen molar-refractivity contribution in [3.63, 3.8) is 0 Å². The minimum absolute atomic E-state index is 0.262. The lowest BCUT2D eigenvalue weighted by Gasteiger charge is -2.08. The van der Waals surface area contributed by atoms with Crippen molar-refractivity contribution in [1.82, 2.24) is 10.3 Å². The monoisotopic (exact) mass is 262 g/mol. The summed E-state index contributed by atoms with van der Waals surface area (Å²) < 4.78 is 5.34. The third kappa shape index (κ3) is 2.90. The topological polar surface area (TPSA) is 92.4 Å². The number of hydrogen-bond donors (Lipinski definition) is 2. The SMILES string of the molecule is Cc1nc2cc(CNC(=O)C(C)C(=O)O)ccc2o1. The van der Waals surface area contributed by atoms with E-state index in [0.29, 0.717) is 11.5 Å². The van der Waals surface area contributed by atoms with E-state index < -0.39 is 17.8 Å². The largest absolute Gasteiger partial charge is 0.481 e. The van der Waals surface area contributed by atoms with E-state index in [2.05, 4.69) is 10.3 Å². The van der Waals surface area contributed by atoms with Crippen molar-refractivity contribution >= 4 is 23.0 Å². The standard InChI is InChI=1S/C13H14N2O4/c1-7(13(17)18)12(16)14-6-9-3-4-11-10(5-9)15-8(2)19-11/h3-5,7H,6H2,1-2H3,(H,14,16)(H,17,18). The van der Waals surface area contributed by atoms with Crippen LogP contribution in [0.5, 0.6) is 0 Å². The van der Waals surface area contributed by atoms with Crippen molar-refractivity contribution in [1.29, 1.82) is 0 Å². The van der Waals surface area contributed by atoms with Crippen molar-refractivity contribution in [3.8, 4) is 0 Å². The van der Waals surface area contributed by atoms with Gasteiger partial charge in [0.25, 0.3) is 0 Å². The molecule has 1 unspecified atom stereocenters. The molecule has 2 N–H and O–H groups in total. The molecular weight excluding hydrogens is 248 g/mol. The third-order valence-electron chi connectivity index (χ3n) is 2.79. The first-order valence-corrected chi connectivity index (χ1v) is 5.84. The first kappa shape index (κ1) is 13.1. The second-order valence-electron chi connectivity index (χ2n) is 4.31. The molecule has 1 aromatic carbocycles. The van der Waals surface area contributed by atoms with Crippen LogP contribution < -0.4 is 5.32 Å². The van der Waals surface area contributed by atoms with Gasteiger partial charge >= 0.3 is 5.97 Å². The van der Waals surface area contributed by atoms with Crippen molar-refractivity contribution in [2.75, 3.05) is 0 Å².